The Hall–Kier alpha value is -1.000. The molecular formula is C14H11Cl3FNO. The Bertz CT molecular complexity index is 634. The molecule has 106 valence electrons. The first kappa shape index (κ1) is 15.4. The van der Waals surface area contributed by atoms with Gasteiger partial charge >= 0.3 is 0 Å². The zero-order valence-electron chi connectivity index (χ0n) is 10.3. The summed E-state index contributed by atoms with van der Waals surface area (Å²) in [6.07, 6.45) is 0. The van der Waals surface area contributed by atoms with Crippen LogP contribution in [-0.4, -0.2) is 0 Å². The SMILES string of the molecule is NCc1ccc(COc2cc(Cl)c(Cl)cc2Cl)c(F)c1. The molecule has 0 fully saturated rings. The molecule has 20 heavy (non-hydrogen) atoms. The fourth-order valence-corrected chi connectivity index (χ4v) is 2.20. The van der Waals surface area contributed by atoms with E-state index in [4.69, 9.17) is 45.3 Å². The van der Waals surface area contributed by atoms with Gasteiger partial charge in [-0.25, -0.2) is 4.39 Å². The Morgan fingerprint density at radius 2 is 1.70 bits per heavy atom. The van der Waals surface area contributed by atoms with Gasteiger partial charge in [0.1, 0.15) is 18.2 Å². The monoisotopic (exact) mass is 333 g/mol. The van der Waals surface area contributed by atoms with Crippen LogP contribution < -0.4 is 10.5 Å². The van der Waals surface area contributed by atoms with Crippen molar-refractivity contribution in [3.8, 4) is 5.75 Å². The molecule has 0 aliphatic heterocycles. The summed E-state index contributed by atoms with van der Waals surface area (Å²) in [7, 11) is 0. The average Bonchev–Trinajstić information content (AvgIpc) is 2.42. The molecular weight excluding hydrogens is 324 g/mol. The minimum Gasteiger partial charge on any atom is -0.487 e. The molecule has 0 saturated carbocycles. The molecule has 2 rings (SSSR count). The first-order valence-corrected chi connectivity index (χ1v) is 6.89. The van der Waals surface area contributed by atoms with Crippen LogP contribution >= 0.6 is 34.8 Å². The molecule has 0 amide bonds. The highest BCUT2D eigenvalue weighted by molar-refractivity contribution is 6.43. The third-order valence-electron chi connectivity index (χ3n) is 2.71. The number of benzene rings is 2. The maximum atomic E-state index is 13.8. The topological polar surface area (TPSA) is 35.2 Å². The van der Waals surface area contributed by atoms with Gasteiger partial charge in [0, 0.05) is 18.2 Å². The van der Waals surface area contributed by atoms with Crippen molar-refractivity contribution in [2.24, 2.45) is 5.73 Å². The largest absolute Gasteiger partial charge is 0.487 e. The van der Waals surface area contributed by atoms with E-state index in [0.717, 1.165) is 5.56 Å². The van der Waals surface area contributed by atoms with Crippen molar-refractivity contribution < 1.29 is 9.13 Å². The smallest absolute Gasteiger partial charge is 0.139 e. The summed E-state index contributed by atoms with van der Waals surface area (Å²) in [4.78, 5) is 0. The number of hydrogen-bond acceptors (Lipinski definition) is 2. The third-order valence-corrected chi connectivity index (χ3v) is 3.73. The van der Waals surface area contributed by atoms with Crippen molar-refractivity contribution >= 4 is 34.8 Å². The minimum atomic E-state index is -0.371. The van der Waals surface area contributed by atoms with Gasteiger partial charge in [0.05, 0.1) is 15.1 Å². The van der Waals surface area contributed by atoms with Crippen LogP contribution in [0.15, 0.2) is 30.3 Å². The van der Waals surface area contributed by atoms with Crippen molar-refractivity contribution in [2.75, 3.05) is 0 Å². The van der Waals surface area contributed by atoms with Crippen molar-refractivity contribution in [2.45, 2.75) is 13.2 Å². The summed E-state index contributed by atoms with van der Waals surface area (Å²) in [6.45, 7) is 0.324. The quantitative estimate of drug-likeness (QED) is 0.813. The Morgan fingerprint density at radius 1 is 1.00 bits per heavy atom. The summed E-state index contributed by atoms with van der Waals surface area (Å²) in [5, 5.41) is 0.978. The van der Waals surface area contributed by atoms with E-state index in [9.17, 15) is 4.39 Å². The van der Waals surface area contributed by atoms with Gasteiger partial charge in [0.15, 0.2) is 0 Å². The Balaban J connectivity index is 2.15. The fourth-order valence-electron chi connectivity index (χ4n) is 1.61. The maximum absolute atomic E-state index is 13.8. The molecule has 6 heteroatoms. The van der Waals surface area contributed by atoms with E-state index in [0.29, 0.717) is 26.4 Å². The minimum absolute atomic E-state index is 0.0361. The van der Waals surface area contributed by atoms with E-state index in [1.54, 1.807) is 12.1 Å². The zero-order valence-corrected chi connectivity index (χ0v) is 12.6. The van der Waals surface area contributed by atoms with Gasteiger partial charge < -0.3 is 10.5 Å². The van der Waals surface area contributed by atoms with E-state index in [1.165, 1.54) is 18.2 Å². The first-order chi connectivity index (χ1) is 9.51. The van der Waals surface area contributed by atoms with Gasteiger partial charge in [0.25, 0.3) is 0 Å². The highest BCUT2D eigenvalue weighted by atomic mass is 35.5. The highest BCUT2D eigenvalue weighted by Crippen LogP contribution is 2.34. The molecule has 0 aromatic heterocycles. The molecule has 0 aliphatic carbocycles. The second-order valence-corrected chi connectivity index (χ2v) is 5.34. The molecule has 0 unspecified atom stereocenters. The summed E-state index contributed by atoms with van der Waals surface area (Å²) < 4.78 is 19.2. The van der Waals surface area contributed by atoms with E-state index in [2.05, 4.69) is 0 Å². The van der Waals surface area contributed by atoms with Gasteiger partial charge in [-0.15, -0.1) is 0 Å². The highest BCUT2D eigenvalue weighted by Gasteiger charge is 2.09. The van der Waals surface area contributed by atoms with Gasteiger partial charge in [-0.3, -0.25) is 0 Å². The maximum Gasteiger partial charge on any atom is 0.139 e. The normalized spacial score (nSPS) is 10.7. The second kappa shape index (κ2) is 6.64. The number of hydrogen-bond donors (Lipinski definition) is 1. The summed E-state index contributed by atoms with van der Waals surface area (Å²) in [6, 6.07) is 7.74. The fraction of sp³-hybridized carbons (Fsp3) is 0.143. The number of rotatable bonds is 4. The zero-order chi connectivity index (χ0) is 14.7. The number of ether oxygens (including phenoxy) is 1. The molecule has 0 heterocycles. The predicted molar refractivity (Wildman–Crippen MR) is 80.1 cm³/mol. The summed E-state index contributed by atoms with van der Waals surface area (Å²) in [5.41, 5.74) is 6.57. The number of nitrogens with two attached hydrogens (primary N) is 1. The lowest BCUT2D eigenvalue weighted by atomic mass is 10.1. The summed E-state index contributed by atoms with van der Waals surface area (Å²) >= 11 is 17.7. The van der Waals surface area contributed by atoms with Crippen molar-refractivity contribution in [3.63, 3.8) is 0 Å². The summed E-state index contributed by atoms with van der Waals surface area (Å²) in [5.74, 6) is -0.0208. The van der Waals surface area contributed by atoms with Crippen LogP contribution in [0, 0.1) is 5.82 Å². The first-order valence-electron chi connectivity index (χ1n) is 5.76. The van der Waals surface area contributed by atoms with Crippen LogP contribution in [0.4, 0.5) is 4.39 Å². The third kappa shape index (κ3) is 3.55. The Morgan fingerprint density at radius 3 is 2.35 bits per heavy atom. The molecule has 0 saturated heterocycles. The number of halogens is 4. The molecule has 0 aliphatic rings. The van der Waals surface area contributed by atoms with Gasteiger partial charge in [-0.2, -0.15) is 0 Å². The second-order valence-electron chi connectivity index (χ2n) is 4.12. The van der Waals surface area contributed by atoms with Crippen LogP contribution in [0.5, 0.6) is 5.75 Å². The molecule has 0 atom stereocenters. The molecule has 2 nitrogen and oxygen atoms in total. The van der Waals surface area contributed by atoms with Gasteiger partial charge in [0.2, 0.25) is 0 Å². The van der Waals surface area contributed by atoms with E-state index in [1.807, 2.05) is 0 Å². The van der Waals surface area contributed by atoms with E-state index < -0.39 is 0 Å². The molecule has 0 spiro atoms. The Labute approximate surface area is 131 Å². The van der Waals surface area contributed by atoms with Crippen LogP contribution in [0.2, 0.25) is 15.1 Å². The molecule has 0 bridgehead atoms. The standard InChI is InChI=1S/C14H11Cl3FNO/c15-10-4-12(17)14(5-11(10)16)20-7-9-2-1-8(6-19)3-13(9)18/h1-5H,6-7,19H2. The Kier molecular flexibility index (Phi) is 5.11. The van der Waals surface area contributed by atoms with Gasteiger partial charge in [-0.1, -0.05) is 46.9 Å². The molecule has 2 aromatic rings. The van der Waals surface area contributed by atoms with Crippen molar-refractivity contribution in [1.82, 2.24) is 0 Å². The predicted octanol–water partition coefficient (Wildman–Crippen LogP) is 4.82. The van der Waals surface area contributed by atoms with Crippen molar-refractivity contribution in [3.05, 3.63) is 62.3 Å². The van der Waals surface area contributed by atoms with Crippen LogP contribution in [0.3, 0.4) is 0 Å². The van der Waals surface area contributed by atoms with E-state index >= 15 is 0 Å². The van der Waals surface area contributed by atoms with Crippen LogP contribution in [-0.2, 0) is 13.2 Å². The average molecular weight is 335 g/mol. The molecule has 2 aromatic carbocycles. The van der Waals surface area contributed by atoms with Crippen molar-refractivity contribution in [1.29, 1.82) is 0 Å². The van der Waals surface area contributed by atoms with Crippen LogP contribution in [0.25, 0.3) is 0 Å². The van der Waals surface area contributed by atoms with Gasteiger partial charge in [-0.05, 0) is 17.7 Å². The molecule has 2 N–H and O–H groups in total. The molecule has 0 radical (unpaired) electrons. The lowest BCUT2D eigenvalue weighted by molar-refractivity contribution is 0.300. The van der Waals surface area contributed by atoms with Crippen LogP contribution in [0.1, 0.15) is 11.1 Å². The lowest BCUT2D eigenvalue weighted by Gasteiger charge is -2.10. The lowest BCUT2D eigenvalue weighted by Crippen LogP contribution is -2.02. The van der Waals surface area contributed by atoms with E-state index in [-0.39, 0.29) is 19.0 Å².